The third-order valence-corrected chi connectivity index (χ3v) is 6.63. The van der Waals surface area contributed by atoms with Gasteiger partial charge in [-0.2, -0.15) is 0 Å². The van der Waals surface area contributed by atoms with Crippen LogP contribution in [0.5, 0.6) is 0 Å². The van der Waals surface area contributed by atoms with Crippen LogP contribution in [0.2, 0.25) is 5.02 Å². The van der Waals surface area contributed by atoms with Crippen LogP contribution < -0.4 is 5.32 Å². The predicted octanol–water partition coefficient (Wildman–Crippen LogP) is 3.68. The number of nitrogens with one attached hydrogen (secondary N) is 1. The van der Waals surface area contributed by atoms with Crippen LogP contribution >= 0.6 is 22.9 Å². The van der Waals surface area contributed by atoms with Crippen LogP contribution in [0.3, 0.4) is 0 Å². The smallest absolute Gasteiger partial charge is 0.261 e. The lowest BCUT2D eigenvalue weighted by molar-refractivity contribution is 0.0218. The van der Waals surface area contributed by atoms with Gasteiger partial charge in [0.05, 0.1) is 9.90 Å². The van der Waals surface area contributed by atoms with Crippen molar-refractivity contribution in [1.82, 2.24) is 15.2 Å². The number of thiophene rings is 1. The van der Waals surface area contributed by atoms with Gasteiger partial charge in [-0.15, -0.1) is 11.3 Å². The number of fused-ring (bicyclic) bond motifs is 3. The van der Waals surface area contributed by atoms with Gasteiger partial charge < -0.3 is 5.32 Å². The van der Waals surface area contributed by atoms with Gasteiger partial charge in [-0.05, 0) is 57.0 Å². The Morgan fingerprint density at radius 2 is 2.12 bits per heavy atom. The number of halogens is 1. The topological polar surface area (TPSA) is 45.2 Å². The van der Waals surface area contributed by atoms with Crippen molar-refractivity contribution in [2.24, 2.45) is 5.92 Å². The molecule has 2 aromatic heterocycles. The van der Waals surface area contributed by atoms with Crippen LogP contribution in [-0.2, 0) is 0 Å². The summed E-state index contributed by atoms with van der Waals surface area (Å²) < 4.78 is 0. The molecule has 5 rings (SSSR count). The van der Waals surface area contributed by atoms with Gasteiger partial charge in [0.15, 0.2) is 0 Å². The van der Waals surface area contributed by atoms with Crippen molar-refractivity contribution in [2.75, 3.05) is 13.1 Å². The average molecular weight is 362 g/mol. The molecule has 1 amide bonds. The lowest BCUT2D eigenvalue weighted by Crippen LogP contribution is -2.62. The fourth-order valence-corrected chi connectivity index (χ4v) is 4.99. The molecule has 3 aliphatic rings. The molecule has 0 saturated carbocycles. The first kappa shape index (κ1) is 16.1. The standard InChI is InChI=1S/C18H20ClN3OS/c1-11-17(12-4-6-22(11)7-5-12)21-18(23)16-3-2-15(24-16)13-8-14(19)10-20-9-13/h2-3,8-12,17H,4-7H2,1H3,(H,21,23). The minimum atomic E-state index is 0.0341. The number of pyridine rings is 1. The molecule has 0 spiro atoms. The maximum absolute atomic E-state index is 12.7. The Bertz CT molecular complexity index is 752. The Morgan fingerprint density at radius 1 is 1.33 bits per heavy atom. The number of amides is 1. The van der Waals surface area contributed by atoms with Crippen molar-refractivity contribution >= 4 is 28.8 Å². The summed E-state index contributed by atoms with van der Waals surface area (Å²) in [6.07, 6.45) is 5.77. The van der Waals surface area contributed by atoms with E-state index in [-0.39, 0.29) is 11.9 Å². The number of nitrogens with zero attached hydrogens (tertiary/aromatic N) is 2. The fraction of sp³-hybridized carbons (Fsp3) is 0.444. The van der Waals surface area contributed by atoms with Crippen molar-refractivity contribution in [3.63, 3.8) is 0 Å². The lowest BCUT2D eigenvalue weighted by Gasteiger charge is -2.49. The van der Waals surface area contributed by atoms with Crippen molar-refractivity contribution in [2.45, 2.75) is 31.8 Å². The number of carbonyl (C=O) groups excluding carboxylic acids is 1. The van der Waals surface area contributed by atoms with Gasteiger partial charge >= 0.3 is 0 Å². The van der Waals surface area contributed by atoms with Gasteiger partial charge in [-0.25, -0.2) is 0 Å². The molecule has 2 aromatic rings. The summed E-state index contributed by atoms with van der Waals surface area (Å²) in [7, 11) is 0. The fourth-order valence-electron chi connectivity index (χ4n) is 3.93. The van der Waals surface area contributed by atoms with Gasteiger partial charge in [-0.3, -0.25) is 14.7 Å². The number of piperidine rings is 3. The van der Waals surface area contributed by atoms with E-state index < -0.39 is 0 Å². The van der Waals surface area contributed by atoms with E-state index in [1.165, 1.54) is 37.3 Å². The van der Waals surface area contributed by atoms with Crippen molar-refractivity contribution in [3.05, 3.63) is 40.5 Å². The van der Waals surface area contributed by atoms with Crippen LogP contribution in [0.15, 0.2) is 30.6 Å². The van der Waals surface area contributed by atoms with E-state index in [1.807, 2.05) is 18.2 Å². The molecule has 2 atom stereocenters. The van der Waals surface area contributed by atoms with Gasteiger partial charge in [0.2, 0.25) is 0 Å². The third-order valence-electron chi connectivity index (χ3n) is 5.29. The Kier molecular flexibility index (Phi) is 4.33. The van der Waals surface area contributed by atoms with Gasteiger partial charge in [0.1, 0.15) is 0 Å². The molecule has 3 aliphatic heterocycles. The van der Waals surface area contributed by atoms with Crippen LogP contribution in [0.4, 0.5) is 0 Å². The van der Waals surface area contributed by atoms with Crippen LogP contribution in [-0.4, -0.2) is 41.0 Å². The van der Waals surface area contributed by atoms with Crippen molar-refractivity contribution in [3.8, 4) is 10.4 Å². The van der Waals surface area contributed by atoms with Gasteiger partial charge in [0.25, 0.3) is 5.91 Å². The van der Waals surface area contributed by atoms with Crippen LogP contribution in [0, 0.1) is 5.92 Å². The largest absolute Gasteiger partial charge is 0.347 e. The minimum Gasteiger partial charge on any atom is -0.347 e. The molecule has 5 heterocycles. The van der Waals surface area contributed by atoms with E-state index in [9.17, 15) is 4.79 Å². The molecule has 1 N–H and O–H groups in total. The summed E-state index contributed by atoms with van der Waals surface area (Å²) in [5.74, 6) is 0.650. The molecule has 126 valence electrons. The van der Waals surface area contributed by atoms with Crippen molar-refractivity contribution in [1.29, 1.82) is 0 Å². The first-order valence-corrected chi connectivity index (χ1v) is 9.57. The molecule has 0 aromatic carbocycles. The minimum absolute atomic E-state index is 0.0341. The van der Waals surface area contributed by atoms with Gasteiger partial charge in [0, 0.05) is 34.9 Å². The van der Waals surface area contributed by atoms with E-state index in [4.69, 9.17) is 11.6 Å². The molecule has 6 heteroatoms. The van der Waals surface area contributed by atoms with E-state index in [2.05, 4.69) is 22.1 Å². The molecule has 2 unspecified atom stereocenters. The number of rotatable bonds is 3. The molecule has 3 fully saturated rings. The lowest BCUT2D eigenvalue weighted by atomic mass is 9.79. The molecular weight excluding hydrogens is 342 g/mol. The zero-order valence-electron chi connectivity index (χ0n) is 13.5. The Balaban J connectivity index is 1.49. The highest BCUT2D eigenvalue weighted by atomic mass is 35.5. The highest BCUT2D eigenvalue weighted by Crippen LogP contribution is 2.33. The monoisotopic (exact) mass is 361 g/mol. The molecule has 24 heavy (non-hydrogen) atoms. The van der Waals surface area contributed by atoms with E-state index in [1.54, 1.807) is 12.4 Å². The van der Waals surface area contributed by atoms with Crippen LogP contribution in [0.1, 0.15) is 29.4 Å². The van der Waals surface area contributed by atoms with E-state index >= 15 is 0 Å². The molecule has 2 bridgehead atoms. The second-order valence-electron chi connectivity index (χ2n) is 6.67. The number of aromatic nitrogens is 1. The summed E-state index contributed by atoms with van der Waals surface area (Å²) in [4.78, 5) is 21.0. The molecule has 3 saturated heterocycles. The predicted molar refractivity (Wildman–Crippen MR) is 97.6 cm³/mol. The summed E-state index contributed by atoms with van der Waals surface area (Å²) in [6, 6.07) is 6.42. The molecule has 4 nitrogen and oxygen atoms in total. The second-order valence-corrected chi connectivity index (χ2v) is 8.19. The van der Waals surface area contributed by atoms with Crippen molar-refractivity contribution < 1.29 is 4.79 Å². The maximum Gasteiger partial charge on any atom is 0.261 e. The zero-order valence-corrected chi connectivity index (χ0v) is 15.1. The third kappa shape index (κ3) is 2.96. The highest BCUT2D eigenvalue weighted by molar-refractivity contribution is 7.17. The van der Waals surface area contributed by atoms with Gasteiger partial charge in [-0.1, -0.05) is 11.6 Å². The Morgan fingerprint density at radius 3 is 2.83 bits per heavy atom. The van der Waals surface area contributed by atoms with Crippen LogP contribution in [0.25, 0.3) is 10.4 Å². The zero-order chi connectivity index (χ0) is 16.7. The molecule has 0 aliphatic carbocycles. The summed E-state index contributed by atoms with van der Waals surface area (Å²) in [6.45, 7) is 4.57. The summed E-state index contributed by atoms with van der Waals surface area (Å²) >= 11 is 7.49. The summed E-state index contributed by atoms with van der Waals surface area (Å²) in [5, 5.41) is 3.89. The highest BCUT2D eigenvalue weighted by Gasteiger charge is 2.40. The quantitative estimate of drug-likeness (QED) is 0.907. The number of carbonyl (C=O) groups is 1. The average Bonchev–Trinajstić information content (AvgIpc) is 3.09. The number of hydrogen-bond acceptors (Lipinski definition) is 4. The number of hydrogen-bond donors (Lipinski definition) is 1. The normalized spacial score (nSPS) is 28.8. The SMILES string of the molecule is CC1C(NC(=O)c2ccc(-c3cncc(Cl)c3)s2)C2CCN1CC2. The first-order chi connectivity index (χ1) is 11.6. The maximum atomic E-state index is 12.7. The Labute approximate surface area is 150 Å². The second kappa shape index (κ2) is 6.47. The van der Waals surface area contributed by atoms with E-state index in [0.29, 0.717) is 17.0 Å². The Hall–Kier alpha value is -1.43. The molecular formula is C18H20ClN3OS. The van der Waals surface area contributed by atoms with E-state index in [0.717, 1.165) is 15.3 Å². The summed E-state index contributed by atoms with van der Waals surface area (Å²) in [5.41, 5.74) is 0.947. The first-order valence-electron chi connectivity index (χ1n) is 8.37. The molecule has 0 radical (unpaired) electrons.